The normalized spacial score (nSPS) is 14.0. The molecule has 0 aliphatic heterocycles. The van der Waals surface area contributed by atoms with E-state index in [1.54, 1.807) is 0 Å². The summed E-state index contributed by atoms with van der Waals surface area (Å²) in [5.74, 6) is 0. The molecule has 0 aromatic heterocycles. The van der Waals surface area contributed by atoms with E-state index in [-0.39, 0.29) is 30.6 Å². The zero-order valence-corrected chi connectivity index (χ0v) is 13.0. The average Bonchev–Trinajstić information content (AvgIpc) is 2.47. The largest absolute Gasteiger partial charge is 0.416 e. The Morgan fingerprint density at radius 2 is 1.50 bits per heavy atom. The quantitative estimate of drug-likeness (QED) is 0.495. The number of alkyl halides is 6. The summed E-state index contributed by atoms with van der Waals surface area (Å²) in [6.07, 6.45) is -8.16. The van der Waals surface area contributed by atoms with Gasteiger partial charge in [0.15, 0.2) is 0 Å². The van der Waals surface area contributed by atoms with E-state index >= 15 is 0 Å². The summed E-state index contributed by atoms with van der Waals surface area (Å²) in [5, 5.41) is 2.93. The molecule has 0 radical (unpaired) electrons. The molecule has 0 amide bonds. The molecule has 1 aromatic rings. The number of nitrogens with one attached hydrogen (secondary N) is 1. The van der Waals surface area contributed by atoms with Crippen LogP contribution in [0.3, 0.4) is 0 Å². The number of hydrogen-bond donors (Lipinski definition) is 3. The molecule has 0 spiro atoms. The van der Waals surface area contributed by atoms with E-state index in [9.17, 15) is 26.3 Å². The van der Waals surface area contributed by atoms with Gasteiger partial charge in [-0.05, 0) is 56.1 Å². The van der Waals surface area contributed by atoms with Crippen molar-refractivity contribution in [1.82, 2.24) is 5.32 Å². The van der Waals surface area contributed by atoms with Gasteiger partial charge >= 0.3 is 12.4 Å². The van der Waals surface area contributed by atoms with E-state index in [2.05, 4.69) is 5.32 Å². The molecule has 1 rings (SSSR count). The van der Waals surface area contributed by atoms with Gasteiger partial charge in [-0.3, -0.25) is 0 Å². The minimum Gasteiger partial charge on any atom is -0.330 e. The van der Waals surface area contributed by atoms with Crippen molar-refractivity contribution in [2.45, 2.75) is 37.7 Å². The standard InChI is InChI=1S/C15H21F6N3/c16-14(17,18)11-6-10(7-12(8-11)15(19,20)21)3-5-24-9-13(23)2-1-4-22/h6-8,13,24H,1-5,9,22-23H2/t13-/m0/s1. The predicted molar refractivity (Wildman–Crippen MR) is 79.3 cm³/mol. The smallest absolute Gasteiger partial charge is 0.330 e. The van der Waals surface area contributed by atoms with E-state index < -0.39 is 23.5 Å². The lowest BCUT2D eigenvalue weighted by molar-refractivity contribution is -0.143. The molecule has 0 unspecified atom stereocenters. The second kappa shape index (κ2) is 8.68. The van der Waals surface area contributed by atoms with E-state index in [0.717, 1.165) is 18.6 Å². The highest BCUT2D eigenvalue weighted by Gasteiger charge is 2.36. The zero-order valence-electron chi connectivity index (χ0n) is 13.0. The zero-order chi connectivity index (χ0) is 18.4. The fourth-order valence-electron chi connectivity index (χ4n) is 2.17. The molecule has 1 atom stereocenters. The molecule has 0 saturated heterocycles. The first-order valence-electron chi connectivity index (χ1n) is 7.48. The SMILES string of the molecule is NCCC[C@H](N)CNCCc1cc(C(F)(F)F)cc(C(F)(F)F)c1. The monoisotopic (exact) mass is 357 g/mol. The molecule has 138 valence electrons. The maximum absolute atomic E-state index is 12.7. The number of halogens is 6. The second-order valence-electron chi connectivity index (χ2n) is 5.56. The summed E-state index contributed by atoms with van der Waals surface area (Å²) in [5.41, 5.74) is 8.51. The van der Waals surface area contributed by atoms with Gasteiger partial charge in [0.05, 0.1) is 11.1 Å². The maximum atomic E-state index is 12.7. The van der Waals surface area contributed by atoms with Crippen LogP contribution in [0.5, 0.6) is 0 Å². The first kappa shape index (κ1) is 20.7. The van der Waals surface area contributed by atoms with Gasteiger partial charge in [0.1, 0.15) is 0 Å². The van der Waals surface area contributed by atoms with E-state index in [0.29, 0.717) is 19.5 Å². The highest BCUT2D eigenvalue weighted by atomic mass is 19.4. The summed E-state index contributed by atoms with van der Waals surface area (Å²) in [4.78, 5) is 0. The molecule has 1 aromatic carbocycles. The summed E-state index contributed by atoms with van der Waals surface area (Å²) in [7, 11) is 0. The fraction of sp³-hybridized carbons (Fsp3) is 0.600. The summed E-state index contributed by atoms with van der Waals surface area (Å²) in [6, 6.07) is 1.46. The van der Waals surface area contributed by atoms with Crippen LogP contribution in [-0.4, -0.2) is 25.7 Å². The van der Waals surface area contributed by atoms with Crippen LogP contribution in [0.1, 0.15) is 29.5 Å². The average molecular weight is 357 g/mol. The molecule has 3 nitrogen and oxygen atoms in total. The predicted octanol–water partition coefficient (Wildman–Crippen LogP) is 2.92. The second-order valence-corrected chi connectivity index (χ2v) is 5.56. The van der Waals surface area contributed by atoms with Crippen molar-refractivity contribution in [1.29, 1.82) is 0 Å². The Morgan fingerprint density at radius 1 is 0.958 bits per heavy atom. The van der Waals surface area contributed by atoms with Crippen molar-refractivity contribution < 1.29 is 26.3 Å². The third kappa shape index (κ3) is 7.06. The Balaban J connectivity index is 2.70. The van der Waals surface area contributed by atoms with Gasteiger partial charge in [-0.1, -0.05) is 0 Å². The molecule has 0 fully saturated rings. The third-order valence-electron chi connectivity index (χ3n) is 3.42. The Kier molecular flexibility index (Phi) is 7.50. The van der Waals surface area contributed by atoms with Gasteiger partial charge in [-0.15, -0.1) is 0 Å². The molecular weight excluding hydrogens is 336 g/mol. The highest BCUT2D eigenvalue weighted by Crippen LogP contribution is 2.36. The Hall–Kier alpha value is -1.32. The molecule has 0 aliphatic rings. The molecule has 0 heterocycles. The summed E-state index contributed by atoms with van der Waals surface area (Å²) in [6.45, 7) is 1.16. The Morgan fingerprint density at radius 3 is 1.96 bits per heavy atom. The number of benzene rings is 1. The van der Waals surface area contributed by atoms with Crippen LogP contribution in [0.2, 0.25) is 0 Å². The van der Waals surface area contributed by atoms with E-state index in [1.165, 1.54) is 0 Å². The topological polar surface area (TPSA) is 64.1 Å². The van der Waals surface area contributed by atoms with Crippen LogP contribution in [0.25, 0.3) is 0 Å². The molecule has 0 saturated carbocycles. The van der Waals surface area contributed by atoms with Gasteiger partial charge in [0.25, 0.3) is 0 Å². The van der Waals surface area contributed by atoms with Crippen LogP contribution in [0, 0.1) is 0 Å². The van der Waals surface area contributed by atoms with Gasteiger partial charge < -0.3 is 16.8 Å². The van der Waals surface area contributed by atoms with Gasteiger partial charge in [0.2, 0.25) is 0 Å². The van der Waals surface area contributed by atoms with Crippen LogP contribution < -0.4 is 16.8 Å². The third-order valence-corrected chi connectivity index (χ3v) is 3.42. The first-order chi connectivity index (χ1) is 11.0. The van der Waals surface area contributed by atoms with Crippen molar-refractivity contribution in [3.63, 3.8) is 0 Å². The number of nitrogens with two attached hydrogens (primary N) is 2. The minimum atomic E-state index is -4.83. The van der Waals surface area contributed by atoms with Crippen molar-refractivity contribution in [2.75, 3.05) is 19.6 Å². The van der Waals surface area contributed by atoms with Gasteiger partial charge in [0, 0.05) is 12.6 Å². The highest BCUT2D eigenvalue weighted by molar-refractivity contribution is 5.33. The molecule has 0 bridgehead atoms. The van der Waals surface area contributed by atoms with Crippen LogP contribution in [-0.2, 0) is 18.8 Å². The summed E-state index contributed by atoms with van der Waals surface area (Å²) < 4.78 is 76.4. The number of rotatable bonds is 8. The Bertz CT molecular complexity index is 481. The summed E-state index contributed by atoms with van der Waals surface area (Å²) >= 11 is 0. The van der Waals surface area contributed by atoms with Crippen LogP contribution >= 0.6 is 0 Å². The van der Waals surface area contributed by atoms with Crippen molar-refractivity contribution in [3.05, 3.63) is 34.9 Å². The molecule has 24 heavy (non-hydrogen) atoms. The Labute approximate surface area is 136 Å². The van der Waals surface area contributed by atoms with Gasteiger partial charge in [-0.2, -0.15) is 26.3 Å². The van der Waals surface area contributed by atoms with Crippen molar-refractivity contribution in [2.24, 2.45) is 11.5 Å². The minimum absolute atomic E-state index is 0.0276. The first-order valence-corrected chi connectivity index (χ1v) is 7.48. The van der Waals surface area contributed by atoms with Crippen LogP contribution in [0.15, 0.2) is 18.2 Å². The van der Waals surface area contributed by atoms with E-state index in [4.69, 9.17) is 11.5 Å². The lowest BCUT2D eigenvalue weighted by atomic mass is 10.0. The molecular formula is C15H21F6N3. The molecule has 5 N–H and O–H groups in total. The lowest BCUT2D eigenvalue weighted by Gasteiger charge is -2.15. The molecule has 0 aliphatic carbocycles. The fourth-order valence-corrected chi connectivity index (χ4v) is 2.17. The maximum Gasteiger partial charge on any atom is 0.416 e. The van der Waals surface area contributed by atoms with Crippen molar-refractivity contribution >= 4 is 0 Å². The van der Waals surface area contributed by atoms with Crippen LogP contribution in [0.4, 0.5) is 26.3 Å². The number of hydrogen-bond acceptors (Lipinski definition) is 3. The van der Waals surface area contributed by atoms with E-state index in [1.807, 2.05) is 0 Å². The van der Waals surface area contributed by atoms with Gasteiger partial charge in [-0.25, -0.2) is 0 Å². The van der Waals surface area contributed by atoms with Crippen molar-refractivity contribution in [3.8, 4) is 0 Å². The molecule has 9 heteroatoms. The lowest BCUT2D eigenvalue weighted by Crippen LogP contribution is -2.35.